The standard InChI is InChI=1S/C14H24N2O5/c1-14(2,3)21-13(19)15-8-5-4-6-11(17)16-10-7-9-20-12(10)18/h10H,4-9H2,1-3H3,(H,15,19)(H,16,17). The van der Waals surface area contributed by atoms with Gasteiger partial charge in [-0.25, -0.2) is 9.59 Å². The number of nitrogens with one attached hydrogen (secondary N) is 2. The van der Waals surface area contributed by atoms with Crippen LogP contribution in [-0.4, -0.2) is 42.8 Å². The van der Waals surface area contributed by atoms with Crippen molar-refractivity contribution >= 4 is 18.0 Å². The molecule has 1 fully saturated rings. The van der Waals surface area contributed by atoms with Crippen molar-refractivity contribution in [3.63, 3.8) is 0 Å². The molecule has 1 atom stereocenters. The van der Waals surface area contributed by atoms with Crippen molar-refractivity contribution in [3.8, 4) is 0 Å². The number of amides is 2. The van der Waals surface area contributed by atoms with Crippen LogP contribution in [0.15, 0.2) is 0 Å². The minimum Gasteiger partial charge on any atom is -0.464 e. The predicted octanol–water partition coefficient (Wildman–Crippen LogP) is 1.11. The molecule has 7 nitrogen and oxygen atoms in total. The monoisotopic (exact) mass is 300 g/mol. The van der Waals surface area contributed by atoms with Crippen LogP contribution >= 0.6 is 0 Å². The van der Waals surface area contributed by atoms with E-state index in [1.165, 1.54) is 0 Å². The van der Waals surface area contributed by atoms with E-state index in [9.17, 15) is 14.4 Å². The molecule has 1 unspecified atom stereocenters. The van der Waals surface area contributed by atoms with Crippen LogP contribution in [0.25, 0.3) is 0 Å². The van der Waals surface area contributed by atoms with Crippen molar-refractivity contribution in [1.29, 1.82) is 0 Å². The Morgan fingerprint density at radius 1 is 1.33 bits per heavy atom. The topological polar surface area (TPSA) is 93.7 Å². The molecule has 0 aromatic heterocycles. The smallest absolute Gasteiger partial charge is 0.407 e. The highest BCUT2D eigenvalue weighted by Gasteiger charge is 2.27. The van der Waals surface area contributed by atoms with Crippen LogP contribution < -0.4 is 10.6 Å². The summed E-state index contributed by atoms with van der Waals surface area (Å²) in [6, 6.07) is -0.502. The van der Waals surface area contributed by atoms with Gasteiger partial charge in [-0.05, 0) is 33.6 Å². The lowest BCUT2D eigenvalue weighted by Gasteiger charge is -2.19. The number of hydrogen-bond donors (Lipinski definition) is 2. The Balaban J connectivity index is 2.04. The first-order valence-corrected chi connectivity index (χ1v) is 7.21. The highest BCUT2D eigenvalue weighted by molar-refractivity contribution is 5.85. The number of carbonyl (C=O) groups is 3. The lowest BCUT2D eigenvalue weighted by atomic mass is 10.2. The van der Waals surface area contributed by atoms with Gasteiger partial charge in [-0.1, -0.05) is 0 Å². The van der Waals surface area contributed by atoms with E-state index in [1.54, 1.807) is 20.8 Å². The molecule has 1 saturated heterocycles. The van der Waals surface area contributed by atoms with Gasteiger partial charge in [0.15, 0.2) is 0 Å². The Morgan fingerprint density at radius 3 is 2.62 bits per heavy atom. The third kappa shape index (κ3) is 7.53. The molecule has 2 amide bonds. The third-order valence-electron chi connectivity index (χ3n) is 2.77. The highest BCUT2D eigenvalue weighted by atomic mass is 16.6. The Bertz CT molecular complexity index is 389. The predicted molar refractivity (Wildman–Crippen MR) is 75.6 cm³/mol. The summed E-state index contributed by atoms with van der Waals surface area (Å²) < 4.78 is 9.85. The lowest BCUT2D eigenvalue weighted by molar-refractivity contribution is -0.141. The summed E-state index contributed by atoms with van der Waals surface area (Å²) in [6.07, 6.45) is 1.69. The fourth-order valence-electron chi connectivity index (χ4n) is 1.81. The van der Waals surface area contributed by atoms with E-state index in [4.69, 9.17) is 9.47 Å². The molecule has 1 aliphatic rings. The number of unbranched alkanes of at least 4 members (excludes halogenated alkanes) is 1. The molecule has 0 saturated carbocycles. The number of alkyl carbamates (subject to hydrolysis) is 1. The molecule has 0 radical (unpaired) electrons. The van der Waals surface area contributed by atoms with E-state index < -0.39 is 17.7 Å². The normalized spacial score (nSPS) is 18.0. The molecule has 1 heterocycles. The van der Waals surface area contributed by atoms with Gasteiger partial charge in [-0.2, -0.15) is 0 Å². The third-order valence-corrected chi connectivity index (χ3v) is 2.77. The van der Waals surface area contributed by atoms with Crippen molar-refractivity contribution < 1.29 is 23.9 Å². The molecule has 0 aliphatic carbocycles. The zero-order valence-electron chi connectivity index (χ0n) is 12.9. The molecule has 21 heavy (non-hydrogen) atoms. The average Bonchev–Trinajstić information content (AvgIpc) is 2.72. The maximum Gasteiger partial charge on any atom is 0.407 e. The van der Waals surface area contributed by atoms with E-state index in [0.29, 0.717) is 38.8 Å². The fraction of sp³-hybridized carbons (Fsp3) is 0.786. The van der Waals surface area contributed by atoms with Crippen LogP contribution in [0.5, 0.6) is 0 Å². The Hall–Kier alpha value is -1.79. The summed E-state index contributed by atoms with van der Waals surface area (Å²) in [4.78, 5) is 34.1. The van der Waals surface area contributed by atoms with E-state index in [2.05, 4.69) is 10.6 Å². The largest absolute Gasteiger partial charge is 0.464 e. The number of esters is 1. The first kappa shape index (κ1) is 17.3. The molecule has 0 aromatic carbocycles. The average molecular weight is 300 g/mol. The zero-order valence-corrected chi connectivity index (χ0v) is 12.9. The van der Waals surface area contributed by atoms with Crippen LogP contribution in [0.3, 0.4) is 0 Å². The first-order chi connectivity index (χ1) is 9.78. The van der Waals surface area contributed by atoms with Gasteiger partial charge >= 0.3 is 12.1 Å². The number of ether oxygens (including phenoxy) is 2. The highest BCUT2D eigenvalue weighted by Crippen LogP contribution is 2.07. The van der Waals surface area contributed by atoms with Crippen molar-refractivity contribution in [1.82, 2.24) is 10.6 Å². The number of hydrogen-bond acceptors (Lipinski definition) is 5. The maximum absolute atomic E-state index is 11.6. The lowest BCUT2D eigenvalue weighted by Crippen LogP contribution is -2.37. The van der Waals surface area contributed by atoms with Gasteiger partial charge < -0.3 is 20.1 Å². The molecule has 120 valence electrons. The minimum absolute atomic E-state index is 0.170. The summed E-state index contributed by atoms with van der Waals surface area (Å²) in [7, 11) is 0. The molecular formula is C14H24N2O5. The van der Waals surface area contributed by atoms with Gasteiger partial charge in [0.25, 0.3) is 0 Å². The Labute approximate surface area is 124 Å². The second kappa shape index (κ2) is 7.85. The summed E-state index contributed by atoms with van der Waals surface area (Å²) in [6.45, 7) is 6.21. The van der Waals surface area contributed by atoms with E-state index >= 15 is 0 Å². The molecule has 1 aliphatic heterocycles. The molecule has 1 rings (SSSR count). The second-order valence-electron chi connectivity index (χ2n) is 5.96. The Morgan fingerprint density at radius 2 is 2.05 bits per heavy atom. The molecule has 0 bridgehead atoms. The van der Waals surface area contributed by atoms with Crippen LogP contribution in [0.1, 0.15) is 46.5 Å². The van der Waals surface area contributed by atoms with Crippen LogP contribution in [-0.2, 0) is 19.1 Å². The van der Waals surface area contributed by atoms with E-state index in [1.807, 2.05) is 0 Å². The van der Waals surface area contributed by atoms with Gasteiger partial charge in [0, 0.05) is 19.4 Å². The van der Waals surface area contributed by atoms with Crippen molar-refractivity contribution in [2.24, 2.45) is 0 Å². The fourth-order valence-corrected chi connectivity index (χ4v) is 1.81. The van der Waals surface area contributed by atoms with E-state index in [-0.39, 0.29) is 11.9 Å². The van der Waals surface area contributed by atoms with Crippen LogP contribution in [0, 0.1) is 0 Å². The molecule has 2 N–H and O–H groups in total. The summed E-state index contributed by atoms with van der Waals surface area (Å²) in [5.41, 5.74) is -0.514. The summed E-state index contributed by atoms with van der Waals surface area (Å²) in [5.74, 6) is -0.536. The van der Waals surface area contributed by atoms with Crippen molar-refractivity contribution in [2.45, 2.75) is 58.1 Å². The first-order valence-electron chi connectivity index (χ1n) is 7.21. The van der Waals surface area contributed by atoms with Gasteiger partial charge in [0.2, 0.25) is 5.91 Å². The number of carbonyl (C=O) groups excluding carboxylic acids is 3. The quantitative estimate of drug-likeness (QED) is 0.566. The van der Waals surface area contributed by atoms with Gasteiger partial charge in [0.05, 0.1) is 6.61 Å². The van der Waals surface area contributed by atoms with E-state index in [0.717, 1.165) is 0 Å². The van der Waals surface area contributed by atoms with Crippen molar-refractivity contribution in [3.05, 3.63) is 0 Å². The SMILES string of the molecule is CC(C)(C)OC(=O)NCCCCC(=O)NC1CCOC1=O. The van der Waals surface area contributed by atoms with Crippen LogP contribution in [0.2, 0.25) is 0 Å². The molecule has 0 aromatic rings. The van der Waals surface area contributed by atoms with Gasteiger partial charge in [0.1, 0.15) is 11.6 Å². The van der Waals surface area contributed by atoms with Gasteiger partial charge in [-0.15, -0.1) is 0 Å². The Kier molecular flexibility index (Phi) is 6.45. The zero-order chi connectivity index (χ0) is 15.9. The molecule has 7 heteroatoms. The van der Waals surface area contributed by atoms with Crippen molar-refractivity contribution in [2.75, 3.05) is 13.2 Å². The van der Waals surface area contributed by atoms with Gasteiger partial charge in [-0.3, -0.25) is 4.79 Å². The maximum atomic E-state index is 11.6. The summed E-state index contributed by atoms with van der Waals surface area (Å²) in [5, 5.41) is 5.26. The number of cyclic esters (lactones) is 1. The molecule has 0 spiro atoms. The number of rotatable bonds is 6. The van der Waals surface area contributed by atoms with Crippen LogP contribution in [0.4, 0.5) is 4.79 Å². The minimum atomic E-state index is -0.514. The second-order valence-corrected chi connectivity index (χ2v) is 5.96. The summed E-state index contributed by atoms with van der Waals surface area (Å²) >= 11 is 0. The molecular weight excluding hydrogens is 276 g/mol.